The molecule has 0 unspecified atom stereocenters. The molecule has 1 aliphatic rings. The smallest absolute Gasteiger partial charge is 0.244 e. The van der Waals surface area contributed by atoms with Gasteiger partial charge in [0.25, 0.3) is 0 Å². The van der Waals surface area contributed by atoms with Gasteiger partial charge in [0, 0.05) is 30.4 Å². The van der Waals surface area contributed by atoms with Crippen LogP contribution < -0.4 is 10.0 Å². The molecule has 1 fully saturated rings. The lowest BCUT2D eigenvalue weighted by atomic mass is 9.90. The number of pyridine rings is 1. The first kappa shape index (κ1) is 15.7. The fraction of sp³-hybridized carbons (Fsp3) is 0.583. The fourth-order valence-electron chi connectivity index (χ4n) is 2.13. The summed E-state index contributed by atoms with van der Waals surface area (Å²) in [7, 11) is -1.94. The van der Waals surface area contributed by atoms with Crippen LogP contribution in [0.2, 0.25) is 0 Å². The number of ether oxygens (including phenoxy) is 1. The quantitative estimate of drug-likeness (QED) is 0.804. The fourth-order valence-corrected chi connectivity index (χ4v) is 4.06. The minimum Gasteiger partial charge on any atom is -0.378 e. The van der Waals surface area contributed by atoms with Crippen molar-refractivity contribution in [1.29, 1.82) is 0 Å². The Morgan fingerprint density at radius 1 is 1.50 bits per heavy atom. The van der Waals surface area contributed by atoms with Crippen LogP contribution in [0.25, 0.3) is 0 Å². The molecule has 2 rings (SSSR count). The van der Waals surface area contributed by atoms with E-state index in [-0.39, 0.29) is 17.0 Å². The molecule has 1 heterocycles. The lowest BCUT2D eigenvalue weighted by molar-refractivity contribution is -0.00475. The highest BCUT2D eigenvalue weighted by Crippen LogP contribution is 2.27. The van der Waals surface area contributed by atoms with E-state index in [1.54, 1.807) is 19.3 Å². The van der Waals surface area contributed by atoms with E-state index in [1.807, 2.05) is 6.92 Å². The van der Waals surface area contributed by atoms with E-state index in [4.69, 9.17) is 4.74 Å². The largest absolute Gasteiger partial charge is 0.378 e. The molecule has 1 aromatic rings. The molecule has 0 atom stereocenters. The second kappa shape index (κ2) is 6.38. The van der Waals surface area contributed by atoms with Crippen molar-refractivity contribution in [2.45, 2.75) is 36.8 Å². The van der Waals surface area contributed by atoms with Crippen molar-refractivity contribution in [3.05, 3.63) is 16.7 Å². The molecule has 1 aliphatic carbocycles. The third-order valence-electron chi connectivity index (χ3n) is 3.16. The molecule has 0 amide bonds. The predicted octanol–water partition coefficient (Wildman–Crippen LogP) is 1.73. The monoisotopic (exact) mass is 363 g/mol. The highest BCUT2D eigenvalue weighted by atomic mass is 79.9. The first-order valence-electron chi connectivity index (χ1n) is 6.43. The maximum absolute atomic E-state index is 12.4. The molecule has 0 bridgehead atoms. The summed E-state index contributed by atoms with van der Waals surface area (Å²) >= 11 is 3.24. The maximum Gasteiger partial charge on any atom is 0.244 e. The number of hydrogen-bond donors (Lipinski definition) is 2. The minimum atomic E-state index is -3.58. The van der Waals surface area contributed by atoms with Crippen molar-refractivity contribution in [3.63, 3.8) is 0 Å². The summed E-state index contributed by atoms with van der Waals surface area (Å²) in [5.74, 6) is 0.335. The molecular formula is C12H18BrN3O3S. The van der Waals surface area contributed by atoms with Gasteiger partial charge < -0.3 is 10.1 Å². The molecular weight excluding hydrogens is 346 g/mol. The Kier molecular flexibility index (Phi) is 5.00. The molecule has 6 nitrogen and oxygen atoms in total. The van der Waals surface area contributed by atoms with Gasteiger partial charge in [-0.05, 0) is 41.8 Å². The van der Waals surface area contributed by atoms with Crippen molar-refractivity contribution in [3.8, 4) is 0 Å². The van der Waals surface area contributed by atoms with Gasteiger partial charge in [-0.15, -0.1) is 0 Å². The summed E-state index contributed by atoms with van der Waals surface area (Å²) in [6, 6.07) is 1.47. The van der Waals surface area contributed by atoms with Crippen LogP contribution in [0.4, 0.5) is 5.82 Å². The van der Waals surface area contributed by atoms with E-state index in [0.29, 0.717) is 29.7 Å². The first-order chi connectivity index (χ1) is 9.46. The molecule has 0 aromatic carbocycles. The number of nitrogens with one attached hydrogen (secondary N) is 2. The van der Waals surface area contributed by atoms with Crippen molar-refractivity contribution < 1.29 is 13.2 Å². The van der Waals surface area contributed by atoms with Crippen LogP contribution in [0.3, 0.4) is 0 Å². The highest BCUT2D eigenvalue weighted by Gasteiger charge is 2.34. The van der Waals surface area contributed by atoms with Crippen LogP contribution in [0.1, 0.15) is 19.8 Å². The van der Waals surface area contributed by atoms with Crippen LogP contribution in [-0.4, -0.2) is 39.2 Å². The zero-order valence-corrected chi connectivity index (χ0v) is 13.8. The van der Waals surface area contributed by atoms with Gasteiger partial charge >= 0.3 is 0 Å². The Hall–Kier alpha value is -0.700. The Morgan fingerprint density at radius 2 is 2.20 bits per heavy atom. The van der Waals surface area contributed by atoms with Crippen molar-refractivity contribution in [2.24, 2.45) is 0 Å². The number of nitrogens with zero attached hydrogens (tertiary/aromatic N) is 1. The van der Waals surface area contributed by atoms with E-state index in [2.05, 4.69) is 31.0 Å². The molecule has 0 aliphatic heterocycles. The Morgan fingerprint density at radius 3 is 2.80 bits per heavy atom. The molecule has 20 heavy (non-hydrogen) atoms. The van der Waals surface area contributed by atoms with Gasteiger partial charge in [-0.25, -0.2) is 18.1 Å². The Labute approximate surface area is 127 Å². The van der Waals surface area contributed by atoms with Crippen LogP contribution in [-0.2, 0) is 14.8 Å². The second-order valence-corrected chi connectivity index (χ2v) is 7.22. The summed E-state index contributed by atoms with van der Waals surface area (Å²) in [6.45, 7) is 2.59. The Balaban J connectivity index is 2.10. The number of anilines is 1. The van der Waals surface area contributed by atoms with Crippen LogP contribution in [0.5, 0.6) is 0 Å². The van der Waals surface area contributed by atoms with Crippen LogP contribution >= 0.6 is 15.9 Å². The highest BCUT2D eigenvalue weighted by molar-refractivity contribution is 9.10. The molecule has 2 N–H and O–H groups in total. The number of sulfonamides is 1. The van der Waals surface area contributed by atoms with Crippen molar-refractivity contribution >= 4 is 31.8 Å². The summed E-state index contributed by atoms with van der Waals surface area (Å²) in [5, 5.41) is 2.79. The summed E-state index contributed by atoms with van der Waals surface area (Å²) in [5.41, 5.74) is 0. The lowest BCUT2D eigenvalue weighted by Crippen LogP contribution is -2.47. The van der Waals surface area contributed by atoms with E-state index < -0.39 is 10.0 Å². The van der Waals surface area contributed by atoms with Gasteiger partial charge in [-0.1, -0.05) is 0 Å². The van der Waals surface area contributed by atoms with E-state index >= 15 is 0 Å². The van der Waals surface area contributed by atoms with Gasteiger partial charge in [0.05, 0.1) is 6.10 Å². The first-order valence-corrected chi connectivity index (χ1v) is 8.71. The number of hydrogen-bond acceptors (Lipinski definition) is 5. The van der Waals surface area contributed by atoms with Gasteiger partial charge in [-0.3, -0.25) is 0 Å². The van der Waals surface area contributed by atoms with Gasteiger partial charge in [0.15, 0.2) is 0 Å². The van der Waals surface area contributed by atoms with E-state index in [1.165, 1.54) is 0 Å². The average molecular weight is 364 g/mol. The van der Waals surface area contributed by atoms with E-state index in [9.17, 15) is 8.42 Å². The molecule has 1 aromatic heterocycles. The topological polar surface area (TPSA) is 80.3 Å². The number of aromatic nitrogens is 1. The Bertz CT molecular complexity index is 573. The molecule has 0 saturated heterocycles. The van der Waals surface area contributed by atoms with Crippen molar-refractivity contribution in [1.82, 2.24) is 9.71 Å². The number of halogens is 1. The zero-order chi connectivity index (χ0) is 14.8. The minimum absolute atomic E-state index is 0.0692. The second-order valence-electron chi connectivity index (χ2n) is 4.62. The van der Waals surface area contributed by atoms with Crippen LogP contribution in [0.15, 0.2) is 21.6 Å². The predicted molar refractivity (Wildman–Crippen MR) is 80.2 cm³/mol. The lowest BCUT2D eigenvalue weighted by Gasteiger charge is -2.35. The average Bonchev–Trinajstić information content (AvgIpc) is 2.36. The normalized spacial score (nSPS) is 22.4. The third-order valence-corrected chi connectivity index (χ3v) is 5.13. The maximum atomic E-state index is 12.4. The molecule has 0 radical (unpaired) electrons. The third kappa shape index (κ3) is 3.49. The molecule has 1 saturated carbocycles. The van der Waals surface area contributed by atoms with Gasteiger partial charge in [0.1, 0.15) is 10.7 Å². The van der Waals surface area contributed by atoms with E-state index in [0.717, 1.165) is 0 Å². The van der Waals surface area contributed by atoms with Gasteiger partial charge in [-0.2, -0.15) is 0 Å². The summed E-state index contributed by atoms with van der Waals surface area (Å²) in [4.78, 5) is 4.20. The SMILES string of the molecule is CCOC1CC(NS(=O)(=O)c2cc(Br)cnc2NC)C1. The molecule has 0 spiro atoms. The standard InChI is InChI=1S/C12H18BrN3O3S/c1-3-19-10-5-9(6-10)16-20(17,18)11-4-8(13)7-15-12(11)14-2/h4,7,9-10,16H,3,5-6H2,1-2H3,(H,14,15). The van der Waals surface area contributed by atoms with Crippen molar-refractivity contribution in [2.75, 3.05) is 19.0 Å². The summed E-state index contributed by atoms with van der Waals surface area (Å²) < 4.78 is 33.5. The summed E-state index contributed by atoms with van der Waals surface area (Å²) in [6.07, 6.45) is 3.14. The van der Waals surface area contributed by atoms with Crippen LogP contribution in [0, 0.1) is 0 Å². The molecule has 8 heteroatoms. The molecule has 112 valence electrons. The number of rotatable bonds is 6. The zero-order valence-electron chi connectivity index (χ0n) is 11.4. The van der Waals surface area contributed by atoms with Gasteiger partial charge in [0.2, 0.25) is 10.0 Å².